The first-order valence-electron chi connectivity index (χ1n) is 16.0. The molecule has 7 heteroatoms. The predicted octanol–water partition coefficient (Wildman–Crippen LogP) is 10.6. The number of hydrogen-bond acceptors (Lipinski definition) is 6. The SMILES string of the molecule is C.CC(C)(C)c1cccc(-n2cnnn2)c1.CC(C)(C)c1ccccc1-c1ccccn1.Cc1cccc(C(C)(C)C)c1-c1ncco1. The summed E-state index contributed by atoms with van der Waals surface area (Å²) in [5, 5.41) is 11.1. The van der Waals surface area contributed by atoms with E-state index in [0.29, 0.717) is 5.89 Å². The lowest BCUT2D eigenvalue weighted by molar-refractivity contribution is 0.559. The average molecular weight is 645 g/mol. The summed E-state index contributed by atoms with van der Waals surface area (Å²) in [6, 6.07) is 29.1. The van der Waals surface area contributed by atoms with Crippen molar-refractivity contribution in [3.05, 3.63) is 132 Å². The minimum absolute atomic E-state index is 0. The fraction of sp³-hybridized carbons (Fsp3) is 0.341. The fourth-order valence-electron chi connectivity index (χ4n) is 5.20. The number of rotatable bonds is 3. The third kappa shape index (κ3) is 9.80. The van der Waals surface area contributed by atoms with Gasteiger partial charge in [0.2, 0.25) is 5.89 Å². The summed E-state index contributed by atoms with van der Waals surface area (Å²) in [6.45, 7) is 22.0. The molecule has 0 aliphatic carbocycles. The van der Waals surface area contributed by atoms with Crippen LogP contribution >= 0.6 is 0 Å². The maximum absolute atomic E-state index is 5.43. The van der Waals surface area contributed by atoms with Crippen molar-refractivity contribution in [3.63, 3.8) is 0 Å². The standard InChI is InChI=1S/C15H17N.C14H17NO.C11H14N4.CH4/c1-15(2,3)13-9-5-4-8-12(13)14-10-6-7-11-16-14;1-10-6-5-7-11(14(2,3)4)12(10)13-15-8-9-16-13;1-11(2,3)9-5-4-6-10(7-9)15-8-12-13-14-15;/h4-11H,1-3H3;5-9H,1-4H3;4-8H,1-3H3;1H4. The van der Waals surface area contributed by atoms with Gasteiger partial charge in [-0.05, 0) is 80.1 Å². The van der Waals surface area contributed by atoms with Gasteiger partial charge in [0.1, 0.15) is 12.6 Å². The van der Waals surface area contributed by atoms with Crippen LogP contribution in [0.1, 0.15) is 92.0 Å². The Morgan fingerprint density at radius 1 is 0.646 bits per heavy atom. The first-order valence-corrected chi connectivity index (χ1v) is 16.0. The van der Waals surface area contributed by atoms with Crippen LogP contribution in [0.15, 0.2) is 114 Å². The lowest BCUT2D eigenvalue weighted by Crippen LogP contribution is -2.13. The average Bonchev–Trinajstić information content (AvgIpc) is 3.77. The number of hydrogen-bond donors (Lipinski definition) is 0. The monoisotopic (exact) mass is 644 g/mol. The number of aromatic nitrogens is 6. The number of aryl methyl sites for hydroxylation is 1. The Bertz CT molecular complexity index is 1820. The van der Waals surface area contributed by atoms with Crippen molar-refractivity contribution in [1.29, 1.82) is 0 Å². The molecular formula is C41H52N6O. The summed E-state index contributed by atoms with van der Waals surface area (Å²) in [5.74, 6) is 0.711. The number of tetrazole rings is 1. The zero-order chi connectivity index (χ0) is 34.2. The Morgan fingerprint density at radius 3 is 1.90 bits per heavy atom. The van der Waals surface area contributed by atoms with Crippen LogP contribution in [0.3, 0.4) is 0 Å². The summed E-state index contributed by atoms with van der Waals surface area (Å²) >= 11 is 0. The molecule has 0 amide bonds. The van der Waals surface area contributed by atoms with Gasteiger partial charge in [-0.1, -0.05) is 130 Å². The second-order valence-corrected chi connectivity index (χ2v) is 14.7. The lowest BCUT2D eigenvalue weighted by Gasteiger charge is -2.22. The second-order valence-electron chi connectivity index (χ2n) is 14.7. The van der Waals surface area contributed by atoms with Crippen molar-refractivity contribution in [1.82, 2.24) is 30.2 Å². The van der Waals surface area contributed by atoms with Crippen LogP contribution < -0.4 is 0 Å². The highest BCUT2D eigenvalue weighted by atomic mass is 16.3. The number of nitrogens with zero attached hydrogens (tertiary/aromatic N) is 6. The van der Waals surface area contributed by atoms with Gasteiger partial charge in [0, 0.05) is 17.3 Å². The van der Waals surface area contributed by atoms with Crippen molar-refractivity contribution in [3.8, 4) is 28.4 Å². The summed E-state index contributed by atoms with van der Waals surface area (Å²) in [5.41, 5.74) is 9.87. The maximum Gasteiger partial charge on any atom is 0.226 e. The number of pyridine rings is 1. The van der Waals surface area contributed by atoms with Gasteiger partial charge < -0.3 is 4.42 Å². The van der Waals surface area contributed by atoms with Crippen LogP contribution in [0.25, 0.3) is 28.4 Å². The molecule has 3 aromatic carbocycles. The molecule has 0 N–H and O–H groups in total. The van der Waals surface area contributed by atoms with Gasteiger partial charge in [0.15, 0.2) is 0 Å². The van der Waals surface area contributed by atoms with E-state index in [1.807, 2.05) is 30.5 Å². The molecule has 48 heavy (non-hydrogen) atoms. The van der Waals surface area contributed by atoms with E-state index in [-0.39, 0.29) is 23.7 Å². The molecule has 7 nitrogen and oxygen atoms in total. The van der Waals surface area contributed by atoms with E-state index >= 15 is 0 Å². The van der Waals surface area contributed by atoms with E-state index in [4.69, 9.17) is 4.42 Å². The lowest BCUT2D eigenvalue weighted by atomic mass is 9.82. The molecule has 0 saturated carbocycles. The number of benzene rings is 3. The van der Waals surface area contributed by atoms with Crippen molar-refractivity contribution in [2.24, 2.45) is 0 Å². The van der Waals surface area contributed by atoms with E-state index in [0.717, 1.165) is 16.9 Å². The highest BCUT2D eigenvalue weighted by Gasteiger charge is 2.22. The van der Waals surface area contributed by atoms with E-state index in [9.17, 15) is 0 Å². The molecule has 0 bridgehead atoms. The first-order chi connectivity index (χ1) is 22.2. The van der Waals surface area contributed by atoms with Gasteiger partial charge >= 0.3 is 0 Å². The zero-order valence-corrected chi connectivity index (χ0v) is 29.5. The first kappa shape index (κ1) is 37.5. The fourth-order valence-corrected chi connectivity index (χ4v) is 5.20. The molecule has 0 fully saturated rings. The molecule has 3 aromatic heterocycles. The molecule has 3 heterocycles. The molecule has 0 aliphatic rings. The zero-order valence-electron chi connectivity index (χ0n) is 29.5. The van der Waals surface area contributed by atoms with Gasteiger partial charge in [-0.3, -0.25) is 4.98 Å². The van der Waals surface area contributed by atoms with E-state index in [1.165, 1.54) is 27.8 Å². The van der Waals surface area contributed by atoms with E-state index in [2.05, 4.69) is 155 Å². The van der Waals surface area contributed by atoms with Crippen LogP contribution in [-0.4, -0.2) is 30.2 Å². The molecule has 0 unspecified atom stereocenters. The second kappa shape index (κ2) is 15.8. The van der Waals surface area contributed by atoms with Gasteiger partial charge in [-0.2, -0.15) is 0 Å². The van der Waals surface area contributed by atoms with Gasteiger partial charge in [-0.25, -0.2) is 9.67 Å². The van der Waals surface area contributed by atoms with Gasteiger partial charge in [0.25, 0.3) is 0 Å². The molecule has 0 atom stereocenters. The Morgan fingerprint density at radius 2 is 1.31 bits per heavy atom. The molecule has 0 aliphatic heterocycles. The number of oxazole rings is 1. The van der Waals surface area contributed by atoms with Crippen LogP contribution in [0.5, 0.6) is 0 Å². The topological polar surface area (TPSA) is 82.5 Å². The molecule has 0 saturated heterocycles. The minimum Gasteiger partial charge on any atom is -0.445 e. The maximum atomic E-state index is 5.43. The highest BCUT2D eigenvalue weighted by Crippen LogP contribution is 2.34. The Kier molecular flexibility index (Phi) is 12.4. The summed E-state index contributed by atoms with van der Waals surface area (Å²) in [7, 11) is 0. The van der Waals surface area contributed by atoms with Crippen LogP contribution in [0, 0.1) is 6.92 Å². The normalized spacial score (nSPS) is 11.4. The molecule has 252 valence electrons. The van der Waals surface area contributed by atoms with Crippen molar-refractivity contribution >= 4 is 0 Å². The van der Waals surface area contributed by atoms with E-state index in [1.54, 1.807) is 23.5 Å². The third-order valence-electron chi connectivity index (χ3n) is 7.73. The van der Waals surface area contributed by atoms with E-state index < -0.39 is 0 Å². The Hall–Kier alpha value is -4.91. The minimum atomic E-state index is 0. The van der Waals surface area contributed by atoms with Crippen LogP contribution in [0.2, 0.25) is 0 Å². The molecule has 6 aromatic rings. The van der Waals surface area contributed by atoms with Crippen molar-refractivity contribution in [2.45, 2.75) is 92.9 Å². The predicted molar refractivity (Wildman–Crippen MR) is 198 cm³/mol. The van der Waals surface area contributed by atoms with Crippen LogP contribution in [-0.2, 0) is 16.2 Å². The molecule has 6 rings (SSSR count). The Labute approximate surface area is 287 Å². The van der Waals surface area contributed by atoms with Gasteiger partial charge in [0.05, 0.1) is 17.6 Å². The Balaban J connectivity index is 0.000000193. The summed E-state index contributed by atoms with van der Waals surface area (Å²) in [6.07, 6.45) is 6.75. The molecular weight excluding hydrogens is 592 g/mol. The van der Waals surface area contributed by atoms with Crippen molar-refractivity contribution in [2.75, 3.05) is 0 Å². The molecule has 0 radical (unpaired) electrons. The quantitative estimate of drug-likeness (QED) is 0.191. The smallest absolute Gasteiger partial charge is 0.226 e. The summed E-state index contributed by atoms with van der Waals surface area (Å²) in [4.78, 5) is 8.68. The molecule has 0 spiro atoms. The largest absolute Gasteiger partial charge is 0.445 e. The van der Waals surface area contributed by atoms with Crippen LogP contribution in [0.4, 0.5) is 0 Å². The highest BCUT2D eigenvalue weighted by molar-refractivity contribution is 5.66. The van der Waals surface area contributed by atoms with Crippen molar-refractivity contribution < 1.29 is 4.42 Å². The van der Waals surface area contributed by atoms with Gasteiger partial charge in [-0.15, -0.1) is 5.10 Å². The third-order valence-corrected chi connectivity index (χ3v) is 7.73. The summed E-state index contributed by atoms with van der Waals surface area (Å²) < 4.78 is 7.09.